The maximum Gasteiger partial charge on any atom is 0.248 e. The Morgan fingerprint density at radius 3 is 2.04 bits per heavy atom. The molecule has 0 aliphatic carbocycles. The third-order valence-electron chi connectivity index (χ3n) is 4.36. The van der Waals surface area contributed by atoms with Crippen molar-refractivity contribution in [2.24, 2.45) is 5.41 Å². The smallest absolute Gasteiger partial charge is 0.248 e. The number of ether oxygens (including phenoxy) is 2. The summed E-state index contributed by atoms with van der Waals surface area (Å²) >= 11 is 0. The molecule has 1 heterocycles. The Balaban J connectivity index is 0.00000254. The minimum absolute atomic E-state index is 0.108. The number of hydrogen-bond acceptors (Lipinski definition) is 4. The average molecular weight is 345 g/mol. The largest absolute Gasteiger partial charge is 0.384 e. The molecule has 0 aromatic carbocycles. The molecule has 1 aliphatic rings. The van der Waals surface area contributed by atoms with Crippen LogP contribution < -0.4 is 0 Å². The number of piperazine rings is 1. The number of hydrogen-bond donors (Lipinski definition) is 0. The summed E-state index contributed by atoms with van der Waals surface area (Å²) in [5, 5.41) is 0. The van der Waals surface area contributed by atoms with E-state index in [4.69, 9.17) is 9.47 Å². The van der Waals surface area contributed by atoms with Crippen molar-refractivity contribution in [3.8, 4) is 0 Å². The van der Waals surface area contributed by atoms with Crippen molar-refractivity contribution in [2.75, 3.05) is 53.1 Å². The second-order valence-electron chi connectivity index (χ2n) is 7.59. The van der Waals surface area contributed by atoms with E-state index >= 15 is 0 Å². The van der Waals surface area contributed by atoms with Crippen LogP contribution in [-0.4, -0.2) is 74.4 Å². The highest BCUT2D eigenvalue weighted by Gasteiger charge is 2.35. The van der Waals surface area contributed by atoms with Crippen LogP contribution in [0.1, 0.15) is 54.9 Å². The molecule has 0 spiro atoms. The van der Waals surface area contributed by atoms with Crippen LogP contribution in [0.5, 0.6) is 0 Å². The lowest BCUT2D eigenvalue weighted by Gasteiger charge is -2.47. The predicted octanol–water partition coefficient (Wildman–Crippen LogP) is 3.03. The van der Waals surface area contributed by atoms with Gasteiger partial charge in [0.05, 0.1) is 6.61 Å². The molecule has 1 aliphatic heterocycles. The van der Waals surface area contributed by atoms with Gasteiger partial charge in [-0.25, -0.2) is 0 Å². The average Bonchev–Trinajstić information content (AvgIpc) is 2.53. The van der Waals surface area contributed by atoms with Crippen molar-refractivity contribution in [3.63, 3.8) is 0 Å². The lowest BCUT2D eigenvalue weighted by molar-refractivity contribution is -0.138. The maximum absolute atomic E-state index is 12.0. The number of carbonyl (C=O) groups is 1. The minimum Gasteiger partial charge on any atom is -0.384 e. The standard InChI is InChI=1S/C17H34N2O3.C2H6/c1-7-22-12-15(20)18-8-10-19(11-9-18)17(4,5)13-16(2,3)14-21-6;1-2/h7-14H2,1-6H3;1-2H3. The minimum atomic E-state index is 0.108. The van der Waals surface area contributed by atoms with Gasteiger partial charge in [-0.2, -0.15) is 0 Å². The van der Waals surface area contributed by atoms with Gasteiger partial charge < -0.3 is 14.4 Å². The summed E-state index contributed by atoms with van der Waals surface area (Å²) in [7, 11) is 1.76. The number of amides is 1. The van der Waals surface area contributed by atoms with E-state index in [9.17, 15) is 4.79 Å². The maximum atomic E-state index is 12.0. The molecule has 144 valence electrons. The molecule has 1 saturated heterocycles. The van der Waals surface area contributed by atoms with Gasteiger partial charge in [-0.1, -0.05) is 27.7 Å². The van der Waals surface area contributed by atoms with Crippen LogP contribution in [-0.2, 0) is 14.3 Å². The first-order valence-electron chi connectivity index (χ1n) is 9.31. The molecule has 0 bridgehead atoms. The monoisotopic (exact) mass is 344 g/mol. The zero-order valence-electron chi connectivity index (χ0n) is 17.3. The highest BCUT2D eigenvalue weighted by atomic mass is 16.5. The molecule has 0 radical (unpaired) electrons. The summed E-state index contributed by atoms with van der Waals surface area (Å²) in [5.74, 6) is 0.110. The van der Waals surface area contributed by atoms with Gasteiger partial charge in [0.2, 0.25) is 5.91 Å². The Bertz CT molecular complexity index is 349. The van der Waals surface area contributed by atoms with Crippen LogP contribution in [0.25, 0.3) is 0 Å². The van der Waals surface area contributed by atoms with Crippen LogP contribution in [0.15, 0.2) is 0 Å². The summed E-state index contributed by atoms with van der Waals surface area (Å²) in [4.78, 5) is 16.4. The summed E-state index contributed by atoms with van der Waals surface area (Å²) < 4.78 is 10.6. The Labute approximate surface area is 149 Å². The van der Waals surface area contributed by atoms with E-state index in [0.717, 1.165) is 39.2 Å². The van der Waals surface area contributed by atoms with Crippen molar-refractivity contribution in [1.82, 2.24) is 9.80 Å². The van der Waals surface area contributed by atoms with Gasteiger partial charge in [0.1, 0.15) is 6.61 Å². The van der Waals surface area contributed by atoms with E-state index < -0.39 is 0 Å². The van der Waals surface area contributed by atoms with Crippen molar-refractivity contribution in [1.29, 1.82) is 0 Å². The van der Waals surface area contributed by atoms with Gasteiger partial charge in [0.15, 0.2) is 0 Å². The third-order valence-corrected chi connectivity index (χ3v) is 4.36. The second kappa shape index (κ2) is 11.1. The van der Waals surface area contributed by atoms with E-state index in [0.29, 0.717) is 6.61 Å². The lowest BCUT2D eigenvalue weighted by Crippen LogP contribution is -2.57. The topological polar surface area (TPSA) is 42.0 Å². The van der Waals surface area contributed by atoms with E-state index in [-0.39, 0.29) is 23.5 Å². The summed E-state index contributed by atoms with van der Waals surface area (Å²) in [5.41, 5.74) is 0.261. The summed E-state index contributed by atoms with van der Waals surface area (Å²) in [6.45, 7) is 20.0. The van der Waals surface area contributed by atoms with Crippen molar-refractivity contribution < 1.29 is 14.3 Å². The van der Waals surface area contributed by atoms with Crippen LogP contribution in [0.2, 0.25) is 0 Å². The first kappa shape index (κ1) is 23.4. The summed E-state index contributed by atoms with van der Waals surface area (Å²) in [6, 6.07) is 0. The molecule has 0 saturated carbocycles. The molecule has 1 rings (SSSR count). The van der Waals surface area contributed by atoms with E-state index in [2.05, 4.69) is 32.6 Å². The van der Waals surface area contributed by atoms with Gasteiger partial charge >= 0.3 is 0 Å². The number of methoxy groups -OCH3 is 1. The van der Waals surface area contributed by atoms with E-state index in [1.807, 2.05) is 25.7 Å². The first-order valence-corrected chi connectivity index (χ1v) is 9.31. The molecular formula is C19H40N2O3. The highest BCUT2D eigenvalue weighted by molar-refractivity contribution is 5.77. The molecule has 0 atom stereocenters. The fourth-order valence-electron chi connectivity index (χ4n) is 3.57. The van der Waals surface area contributed by atoms with Gasteiger partial charge in [-0.05, 0) is 32.6 Å². The number of nitrogens with zero attached hydrogens (tertiary/aromatic N) is 2. The van der Waals surface area contributed by atoms with Crippen LogP contribution in [0.3, 0.4) is 0 Å². The molecule has 5 nitrogen and oxygen atoms in total. The normalized spacial score (nSPS) is 16.6. The van der Waals surface area contributed by atoms with E-state index in [1.165, 1.54) is 0 Å². The first-order chi connectivity index (χ1) is 11.2. The third kappa shape index (κ3) is 7.95. The van der Waals surface area contributed by atoms with Gasteiger partial charge in [0.25, 0.3) is 0 Å². The van der Waals surface area contributed by atoms with Crippen LogP contribution in [0.4, 0.5) is 0 Å². The molecule has 0 aromatic heterocycles. The molecule has 0 N–H and O–H groups in total. The highest BCUT2D eigenvalue weighted by Crippen LogP contribution is 2.32. The predicted molar refractivity (Wildman–Crippen MR) is 100 cm³/mol. The van der Waals surface area contributed by atoms with Crippen molar-refractivity contribution in [2.45, 2.75) is 60.4 Å². The van der Waals surface area contributed by atoms with Crippen molar-refractivity contribution >= 4 is 5.91 Å². The quantitative estimate of drug-likeness (QED) is 0.679. The molecule has 24 heavy (non-hydrogen) atoms. The lowest BCUT2D eigenvalue weighted by atomic mass is 9.79. The molecule has 1 amide bonds. The number of carbonyl (C=O) groups excluding carboxylic acids is 1. The number of rotatable bonds is 8. The van der Waals surface area contributed by atoms with Gasteiger partial charge in [-0.3, -0.25) is 9.69 Å². The fraction of sp³-hybridized carbons (Fsp3) is 0.947. The Morgan fingerprint density at radius 1 is 1.04 bits per heavy atom. The molecular weight excluding hydrogens is 304 g/mol. The fourth-order valence-corrected chi connectivity index (χ4v) is 3.57. The Hall–Kier alpha value is -0.650. The van der Waals surface area contributed by atoms with Crippen LogP contribution >= 0.6 is 0 Å². The Morgan fingerprint density at radius 2 is 1.58 bits per heavy atom. The molecule has 1 fully saturated rings. The summed E-state index contributed by atoms with van der Waals surface area (Å²) in [6.07, 6.45) is 1.07. The van der Waals surface area contributed by atoms with Crippen molar-refractivity contribution in [3.05, 3.63) is 0 Å². The van der Waals surface area contributed by atoms with E-state index in [1.54, 1.807) is 7.11 Å². The zero-order valence-corrected chi connectivity index (χ0v) is 17.3. The molecule has 0 unspecified atom stereocenters. The van der Waals surface area contributed by atoms with Gasteiger partial charge in [0, 0.05) is 45.4 Å². The zero-order chi connectivity index (χ0) is 18.8. The second-order valence-corrected chi connectivity index (χ2v) is 7.59. The molecule has 5 heteroatoms. The molecule has 0 aromatic rings. The SMILES string of the molecule is CC.CCOCC(=O)N1CCN(C(C)(C)CC(C)(C)COC)CC1. The van der Waals surface area contributed by atoms with Crippen LogP contribution in [0, 0.1) is 5.41 Å². The Kier molecular flexibility index (Phi) is 10.8. The van der Waals surface area contributed by atoms with Gasteiger partial charge in [-0.15, -0.1) is 0 Å².